The van der Waals surface area contributed by atoms with Crippen molar-refractivity contribution in [2.45, 2.75) is 24.3 Å². The van der Waals surface area contributed by atoms with Crippen LogP contribution in [0.4, 0.5) is 5.69 Å². The van der Waals surface area contributed by atoms with E-state index in [1.165, 1.54) is 9.87 Å². The van der Waals surface area contributed by atoms with Crippen LogP contribution in [-0.4, -0.2) is 62.9 Å². The lowest BCUT2D eigenvalue weighted by atomic mass is 9.96. The fourth-order valence-corrected chi connectivity index (χ4v) is 5.62. The number of likely N-dealkylation sites (tertiary alicyclic amines) is 1. The molecule has 0 radical (unpaired) electrons. The Balaban J connectivity index is 1.39. The van der Waals surface area contributed by atoms with Crippen molar-refractivity contribution >= 4 is 21.6 Å². The number of hydrogen-bond donors (Lipinski definition) is 1. The van der Waals surface area contributed by atoms with Gasteiger partial charge in [0.2, 0.25) is 15.9 Å². The number of anilines is 1. The van der Waals surface area contributed by atoms with Gasteiger partial charge in [-0.3, -0.25) is 9.69 Å². The van der Waals surface area contributed by atoms with E-state index in [9.17, 15) is 13.2 Å². The highest BCUT2D eigenvalue weighted by Gasteiger charge is 2.28. The van der Waals surface area contributed by atoms with E-state index >= 15 is 0 Å². The summed E-state index contributed by atoms with van der Waals surface area (Å²) in [6.07, 6.45) is 1.80. The van der Waals surface area contributed by atoms with Crippen LogP contribution in [0, 0.1) is 5.92 Å². The average Bonchev–Trinajstić information content (AvgIpc) is 2.81. The third-order valence-electron chi connectivity index (χ3n) is 5.83. The summed E-state index contributed by atoms with van der Waals surface area (Å²) >= 11 is 0. The molecule has 0 aliphatic carbocycles. The fraction of sp³-hybridized carbons (Fsp3) is 0.435. The summed E-state index contributed by atoms with van der Waals surface area (Å²) in [7, 11) is -3.59. The summed E-state index contributed by atoms with van der Waals surface area (Å²) in [5.41, 5.74) is 1.75. The van der Waals surface area contributed by atoms with Crippen LogP contribution in [-0.2, 0) is 26.1 Å². The van der Waals surface area contributed by atoms with E-state index in [1.807, 2.05) is 18.2 Å². The molecular weight excluding hydrogens is 414 g/mol. The Morgan fingerprint density at radius 1 is 1.03 bits per heavy atom. The second-order valence-electron chi connectivity index (χ2n) is 8.09. The van der Waals surface area contributed by atoms with Crippen molar-refractivity contribution in [1.82, 2.24) is 9.21 Å². The van der Waals surface area contributed by atoms with Crippen LogP contribution in [0.1, 0.15) is 18.4 Å². The molecule has 1 amide bonds. The summed E-state index contributed by atoms with van der Waals surface area (Å²) < 4.78 is 32.5. The normalized spacial score (nSPS) is 21.0. The Hall–Kier alpha value is -2.26. The number of carbonyl (C=O) groups is 1. The van der Waals surface area contributed by atoms with Gasteiger partial charge in [0.05, 0.1) is 24.0 Å². The number of rotatable bonds is 6. The third-order valence-corrected chi connectivity index (χ3v) is 7.73. The molecule has 2 aliphatic rings. The lowest BCUT2D eigenvalue weighted by molar-refractivity contribution is -0.121. The number of carbonyl (C=O) groups excluding carboxylic acids is 1. The van der Waals surface area contributed by atoms with Crippen molar-refractivity contribution in [2.24, 2.45) is 5.92 Å². The SMILES string of the molecule is O=C(Nc1cccc(S(=O)(=O)N2CCOCC2)c1)C1CCCN(Cc2ccccc2)C1. The van der Waals surface area contributed by atoms with Crippen molar-refractivity contribution < 1.29 is 17.9 Å². The molecule has 2 fully saturated rings. The van der Waals surface area contributed by atoms with Crippen molar-refractivity contribution in [2.75, 3.05) is 44.7 Å². The second kappa shape index (κ2) is 9.91. The number of amides is 1. The van der Waals surface area contributed by atoms with Gasteiger partial charge in [0.15, 0.2) is 0 Å². The first-order valence-electron chi connectivity index (χ1n) is 10.8. The molecule has 0 aromatic heterocycles. The van der Waals surface area contributed by atoms with Gasteiger partial charge < -0.3 is 10.1 Å². The molecule has 1 N–H and O–H groups in total. The average molecular weight is 444 g/mol. The van der Waals surface area contributed by atoms with Crippen molar-refractivity contribution in [3.05, 3.63) is 60.2 Å². The highest BCUT2D eigenvalue weighted by molar-refractivity contribution is 7.89. The summed E-state index contributed by atoms with van der Waals surface area (Å²) in [6.45, 7) is 4.00. The number of morpholine rings is 1. The lowest BCUT2D eigenvalue weighted by Gasteiger charge is -2.32. The number of hydrogen-bond acceptors (Lipinski definition) is 5. The van der Waals surface area contributed by atoms with E-state index in [-0.39, 0.29) is 16.7 Å². The Morgan fingerprint density at radius 2 is 1.81 bits per heavy atom. The quantitative estimate of drug-likeness (QED) is 0.742. The van der Waals surface area contributed by atoms with Gasteiger partial charge in [0.1, 0.15) is 0 Å². The molecular formula is C23H29N3O4S. The maximum Gasteiger partial charge on any atom is 0.243 e. The maximum atomic E-state index is 12.9. The molecule has 2 aromatic carbocycles. The molecule has 7 nitrogen and oxygen atoms in total. The van der Waals surface area contributed by atoms with Crippen LogP contribution in [0.5, 0.6) is 0 Å². The standard InChI is InChI=1S/C23H29N3O4S/c27-23(20-8-5-11-25(18-20)17-19-6-2-1-3-7-19)24-21-9-4-10-22(16-21)31(28,29)26-12-14-30-15-13-26/h1-4,6-7,9-10,16,20H,5,8,11-15,17-18H2,(H,24,27). The lowest BCUT2D eigenvalue weighted by Crippen LogP contribution is -2.41. The van der Waals surface area contributed by atoms with Crippen LogP contribution in [0.2, 0.25) is 0 Å². The van der Waals surface area contributed by atoms with Gasteiger partial charge >= 0.3 is 0 Å². The van der Waals surface area contributed by atoms with E-state index < -0.39 is 10.0 Å². The van der Waals surface area contributed by atoms with E-state index in [1.54, 1.807) is 24.3 Å². The van der Waals surface area contributed by atoms with E-state index in [2.05, 4.69) is 22.3 Å². The van der Waals surface area contributed by atoms with E-state index in [0.717, 1.165) is 25.9 Å². The number of piperidine rings is 1. The minimum absolute atomic E-state index is 0.0568. The molecule has 4 rings (SSSR count). The Bertz CT molecular complexity index is 991. The number of nitrogens with zero attached hydrogens (tertiary/aromatic N) is 2. The smallest absolute Gasteiger partial charge is 0.243 e. The highest BCUT2D eigenvalue weighted by Crippen LogP contribution is 2.23. The first-order valence-corrected chi connectivity index (χ1v) is 12.2. The first-order chi connectivity index (χ1) is 15.0. The molecule has 166 valence electrons. The van der Waals surface area contributed by atoms with Gasteiger partial charge in [-0.25, -0.2) is 8.42 Å². The predicted octanol–water partition coefficient (Wildman–Crippen LogP) is 2.56. The first kappa shape index (κ1) is 22.0. The maximum absolute atomic E-state index is 12.9. The van der Waals surface area contributed by atoms with Gasteiger partial charge in [-0.2, -0.15) is 4.31 Å². The molecule has 1 unspecified atom stereocenters. The molecule has 0 spiro atoms. The number of sulfonamides is 1. The highest BCUT2D eigenvalue weighted by atomic mass is 32.2. The predicted molar refractivity (Wildman–Crippen MR) is 119 cm³/mol. The molecule has 2 aromatic rings. The Morgan fingerprint density at radius 3 is 2.58 bits per heavy atom. The number of benzene rings is 2. The van der Waals surface area contributed by atoms with Gasteiger partial charge in [-0.1, -0.05) is 36.4 Å². The molecule has 2 heterocycles. The molecule has 2 aliphatic heterocycles. The van der Waals surface area contributed by atoms with Crippen LogP contribution in [0.3, 0.4) is 0 Å². The Kier molecular flexibility index (Phi) is 7.02. The Labute approximate surface area is 184 Å². The van der Waals surface area contributed by atoms with Crippen LogP contribution < -0.4 is 5.32 Å². The molecule has 8 heteroatoms. The largest absolute Gasteiger partial charge is 0.379 e. The summed E-state index contributed by atoms with van der Waals surface area (Å²) in [5, 5.41) is 2.94. The molecule has 1 atom stereocenters. The monoisotopic (exact) mass is 443 g/mol. The number of ether oxygens (including phenoxy) is 1. The fourth-order valence-electron chi connectivity index (χ4n) is 4.17. The van der Waals surface area contributed by atoms with Crippen LogP contribution in [0.15, 0.2) is 59.5 Å². The van der Waals surface area contributed by atoms with Crippen molar-refractivity contribution in [3.63, 3.8) is 0 Å². The third kappa shape index (κ3) is 5.51. The minimum Gasteiger partial charge on any atom is -0.379 e. The molecule has 0 saturated carbocycles. The van der Waals surface area contributed by atoms with E-state index in [4.69, 9.17) is 4.74 Å². The number of nitrogens with one attached hydrogen (secondary N) is 1. The summed E-state index contributed by atoms with van der Waals surface area (Å²) in [6, 6.07) is 16.8. The minimum atomic E-state index is -3.59. The molecule has 31 heavy (non-hydrogen) atoms. The molecule has 0 bridgehead atoms. The zero-order valence-electron chi connectivity index (χ0n) is 17.6. The van der Waals surface area contributed by atoms with Gasteiger partial charge in [-0.15, -0.1) is 0 Å². The van der Waals surface area contributed by atoms with Gasteiger partial charge in [0.25, 0.3) is 0 Å². The zero-order valence-corrected chi connectivity index (χ0v) is 18.4. The van der Waals surface area contributed by atoms with Gasteiger partial charge in [-0.05, 0) is 43.1 Å². The van der Waals surface area contributed by atoms with Crippen molar-refractivity contribution in [3.8, 4) is 0 Å². The zero-order chi connectivity index (χ0) is 21.7. The van der Waals surface area contributed by atoms with Crippen molar-refractivity contribution in [1.29, 1.82) is 0 Å². The second-order valence-corrected chi connectivity index (χ2v) is 10.0. The van der Waals surface area contributed by atoms with Crippen LogP contribution in [0.25, 0.3) is 0 Å². The van der Waals surface area contributed by atoms with Gasteiger partial charge in [0, 0.05) is 31.9 Å². The molecule has 2 saturated heterocycles. The van der Waals surface area contributed by atoms with Crippen LogP contribution >= 0.6 is 0 Å². The summed E-state index contributed by atoms with van der Waals surface area (Å²) in [4.78, 5) is 15.4. The topological polar surface area (TPSA) is 79.0 Å². The van der Waals surface area contributed by atoms with E-state index in [0.29, 0.717) is 38.5 Å². The summed E-state index contributed by atoms with van der Waals surface area (Å²) in [5.74, 6) is -0.171.